The molecule has 0 atom stereocenters. The predicted molar refractivity (Wildman–Crippen MR) is 99.3 cm³/mol. The van der Waals surface area contributed by atoms with Crippen molar-refractivity contribution in [1.29, 1.82) is 0 Å². The van der Waals surface area contributed by atoms with Crippen LogP contribution in [-0.2, 0) is 9.59 Å². The molecular weight excluding hydrogens is 338 g/mol. The van der Waals surface area contributed by atoms with Gasteiger partial charge in [0, 0.05) is 17.0 Å². The summed E-state index contributed by atoms with van der Waals surface area (Å²) < 4.78 is 5.45. The Hall–Kier alpha value is -2.47. The van der Waals surface area contributed by atoms with Gasteiger partial charge in [0.15, 0.2) is 0 Å². The molecule has 0 heterocycles. The van der Waals surface area contributed by atoms with Crippen LogP contribution in [0.4, 0.5) is 5.69 Å². The van der Waals surface area contributed by atoms with Crippen molar-refractivity contribution in [2.45, 2.75) is 24.7 Å². The van der Waals surface area contributed by atoms with Crippen molar-refractivity contribution in [3.63, 3.8) is 0 Å². The van der Waals surface area contributed by atoms with Crippen LogP contribution in [0.1, 0.15) is 18.4 Å². The molecule has 0 saturated heterocycles. The van der Waals surface area contributed by atoms with E-state index in [-0.39, 0.29) is 12.3 Å². The van der Waals surface area contributed by atoms with E-state index in [1.54, 1.807) is 24.3 Å². The fraction of sp³-hybridized carbons (Fsp3) is 0.263. The van der Waals surface area contributed by atoms with Gasteiger partial charge in [-0.15, -0.1) is 11.8 Å². The molecule has 0 aliphatic rings. The van der Waals surface area contributed by atoms with E-state index in [4.69, 9.17) is 9.84 Å². The summed E-state index contributed by atoms with van der Waals surface area (Å²) >= 11 is 1.49. The Labute approximate surface area is 151 Å². The van der Waals surface area contributed by atoms with E-state index in [2.05, 4.69) is 5.32 Å². The maximum Gasteiger partial charge on any atom is 0.303 e. The summed E-state index contributed by atoms with van der Waals surface area (Å²) in [7, 11) is 0. The van der Waals surface area contributed by atoms with Gasteiger partial charge in [0.25, 0.3) is 0 Å². The SMILES string of the molecule is Cc1ccc(SCC(=O)Nc2ccc(OCCCC(=O)O)cc2)cc1. The van der Waals surface area contributed by atoms with Crippen molar-refractivity contribution in [3.8, 4) is 5.75 Å². The molecule has 2 aromatic rings. The summed E-state index contributed by atoms with van der Waals surface area (Å²) in [5, 5.41) is 11.4. The first-order valence-corrected chi connectivity index (χ1v) is 8.95. The monoisotopic (exact) mass is 359 g/mol. The van der Waals surface area contributed by atoms with E-state index in [1.165, 1.54) is 17.3 Å². The van der Waals surface area contributed by atoms with Crippen LogP contribution in [0, 0.1) is 6.92 Å². The van der Waals surface area contributed by atoms with Crippen LogP contribution in [0.5, 0.6) is 5.75 Å². The lowest BCUT2D eigenvalue weighted by atomic mass is 10.2. The number of hydrogen-bond acceptors (Lipinski definition) is 4. The van der Waals surface area contributed by atoms with Gasteiger partial charge in [0.05, 0.1) is 12.4 Å². The summed E-state index contributed by atoms with van der Waals surface area (Å²) in [4.78, 5) is 23.5. The first kappa shape index (κ1) is 18.9. The Balaban J connectivity index is 1.73. The molecule has 0 bridgehead atoms. The fourth-order valence-electron chi connectivity index (χ4n) is 2.03. The average Bonchev–Trinajstić information content (AvgIpc) is 2.59. The molecule has 5 nitrogen and oxygen atoms in total. The molecule has 25 heavy (non-hydrogen) atoms. The zero-order valence-corrected chi connectivity index (χ0v) is 14.8. The standard InChI is InChI=1S/C19H21NO4S/c1-14-4-10-17(11-5-14)25-13-18(21)20-15-6-8-16(9-7-15)24-12-2-3-19(22)23/h4-11H,2-3,12-13H2,1H3,(H,20,21)(H,22,23). The molecule has 1 amide bonds. The number of ether oxygens (including phenoxy) is 1. The molecule has 132 valence electrons. The summed E-state index contributed by atoms with van der Waals surface area (Å²) in [5.41, 5.74) is 1.89. The highest BCUT2D eigenvalue weighted by Crippen LogP contribution is 2.20. The molecule has 0 spiro atoms. The van der Waals surface area contributed by atoms with Crippen LogP contribution >= 0.6 is 11.8 Å². The third-order valence-corrected chi connectivity index (χ3v) is 4.34. The summed E-state index contributed by atoms with van der Waals surface area (Å²) in [5.74, 6) is 0.0968. The normalized spacial score (nSPS) is 10.3. The van der Waals surface area contributed by atoms with E-state index >= 15 is 0 Å². The third-order valence-electron chi connectivity index (χ3n) is 3.33. The second-order valence-corrected chi connectivity index (χ2v) is 6.57. The lowest BCUT2D eigenvalue weighted by Crippen LogP contribution is -2.13. The van der Waals surface area contributed by atoms with Crippen LogP contribution in [-0.4, -0.2) is 29.3 Å². The minimum atomic E-state index is -0.829. The molecule has 2 N–H and O–H groups in total. The highest BCUT2D eigenvalue weighted by Gasteiger charge is 2.04. The van der Waals surface area contributed by atoms with Crippen LogP contribution in [0.25, 0.3) is 0 Å². The molecule has 0 aromatic heterocycles. The minimum absolute atomic E-state index is 0.0688. The van der Waals surface area contributed by atoms with E-state index in [0.29, 0.717) is 30.2 Å². The highest BCUT2D eigenvalue weighted by molar-refractivity contribution is 8.00. The Kier molecular flexibility index (Phi) is 7.35. The van der Waals surface area contributed by atoms with Gasteiger partial charge in [0.1, 0.15) is 5.75 Å². The van der Waals surface area contributed by atoms with Crippen molar-refractivity contribution in [1.82, 2.24) is 0 Å². The van der Waals surface area contributed by atoms with Crippen molar-refractivity contribution >= 4 is 29.3 Å². The summed E-state index contributed by atoms with van der Waals surface area (Å²) in [6.07, 6.45) is 0.552. The lowest BCUT2D eigenvalue weighted by Gasteiger charge is -2.08. The van der Waals surface area contributed by atoms with Gasteiger partial charge in [0.2, 0.25) is 5.91 Å². The van der Waals surface area contributed by atoms with E-state index < -0.39 is 5.97 Å². The zero-order chi connectivity index (χ0) is 18.1. The fourth-order valence-corrected chi connectivity index (χ4v) is 2.73. The van der Waals surface area contributed by atoms with Crippen molar-refractivity contribution in [2.24, 2.45) is 0 Å². The molecule has 6 heteroatoms. The number of anilines is 1. The zero-order valence-electron chi connectivity index (χ0n) is 14.0. The van der Waals surface area contributed by atoms with Gasteiger partial charge in [-0.3, -0.25) is 9.59 Å². The molecule has 0 fully saturated rings. The number of hydrogen-bond donors (Lipinski definition) is 2. The predicted octanol–water partition coefficient (Wildman–Crippen LogP) is 3.97. The molecule has 0 unspecified atom stereocenters. The number of carbonyl (C=O) groups is 2. The van der Waals surface area contributed by atoms with Gasteiger partial charge < -0.3 is 15.2 Å². The number of benzene rings is 2. The molecule has 2 rings (SSSR count). The number of carboxylic acids is 1. The average molecular weight is 359 g/mol. The maximum absolute atomic E-state index is 12.0. The highest BCUT2D eigenvalue weighted by atomic mass is 32.2. The molecule has 0 aliphatic heterocycles. The van der Waals surface area contributed by atoms with Gasteiger partial charge in [-0.1, -0.05) is 17.7 Å². The van der Waals surface area contributed by atoms with Crippen LogP contribution in [0.3, 0.4) is 0 Å². The summed E-state index contributed by atoms with van der Waals surface area (Å²) in [6, 6.07) is 15.1. The molecular formula is C19H21NO4S. The van der Waals surface area contributed by atoms with Crippen molar-refractivity contribution in [2.75, 3.05) is 17.7 Å². The number of aliphatic carboxylic acids is 1. The smallest absolute Gasteiger partial charge is 0.303 e. The molecule has 0 radical (unpaired) electrons. The minimum Gasteiger partial charge on any atom is -0.494 e. The van der Waals surface area contributed by atoms with E-state index in [1.807, 2.05) is 31.2 Å². The van der Waals surface area contributed by atoms with Crippen LogP contribution in [0.15, 0.2) is 53.4 Å². The van der Waals surface area contributed by atoms with E-state index in [0.717, 1.165) is 4.90 Å². The Morgan fingerprint density at radius 2 is 1.76 bits per heavy atom. The number of amides is 1. The van der Waals surface area contributed by atoms with Gasteiger partial charge >= 0.3 is 5.97 Å². The van der Waals surface area contributed by atoms with Crippen LogP contribution in [0.2, 0.25) is 0 Å². The quantitative estimate of drug-likeness (QED) is 0.523. The van der Waals surface area contributed by atoms with Gasteiger partial charge in [-0.05, 0) is 49.7 Å². The lowest BCUT2D eigenvalue weighted by molar-refractivity contribution is -0.137. The largest absolute Gasteiger partial charge is 0.494 e. The Morgan fingerprint density at radius 1 is 1.08 bits per heavy atom. The van der Waals surface area contributed by atoms with Crippen molar-refractivity contribution < 1.29 is 19.4 Å². The van der Waals surface area contributed by atoms with Gasteiger partial charge in [-0.2, -0.15) is 0 Å². The topological polar surface area (TPSA) is 75.6 Å². The Bertz CT molecular complexity index is 698. The maximum atomic E-state index is 12.0. The number of carbonyl (C=O) groups excluding carboxylic acids is 1. The van der Waals surface area contributed by atoms with Crippen molar-refractivity contribution in [3.05, 3.63) is 54.1 Å². The first-order valence-electron chi connectivity index (χ1n) is 7.97. The number of thioether (sulfide) groups is 1. The van der Waals surface area contributed by atoms with E-state index in [9.17, 15) is 9.59 Å². The van der Waals surface area contributed by atoms with Gasteiger partial charge in [-0.25, -0.2) is 0 Å². The first-order chi connectivity index (χ1) is 12.0. The number of rotatable bonds is 9. The molecule has 0 saturated carbocycles. The number of aryl methyl sites for hydroxylation is 1. The molecule has 0 aliphatic carbocycles. The number of carboxylic acid groups (broad SMARTS) is 1. The van der Waals surface area contributed by atoms with Crippen LogP contribution < -0.4 is 10.1 Å². The second-order valence-electron chi connectivity index (χ2n) is 5.52. The second kappa shape index (κ2) is 9.74. The molecule has 2 aromatic carbocycles. The third kappa shape index (κ3) is 7.30. The number of nitrogens with one attached hydrogen (secondary N) is 1. The summed E-state index contributed by atoms with van der Waals surface area (Å²) in [6.45, 7) is 2.38. The Morgan fingerprint density at radius 3 is 2.40 bits per heavy atom.